The SMILES string of the molecule is CCOC(=O)c1cc(C(C)C)sc1NC(=O)c1ccccc1. The number of ether oxygens (including phenoxy) is 1. The van der Waals surface area contributed by atoms with Crippen molar-refractivity contribution < 1.29 is 14.3 Å². The fourth-order valence-electron chi connectivity index (χ4n) is 1.91. The van der Waals surface area contributed by atoms with Crippen LogP contribution in [0.3, 0.4) is 0 Å². The predicted molar refractivity (Wildman–Crippen MR) is 88.8 cm³/mol. The van der Waals surface area contributed by atoms with Crippen LogP contribution in [-0.4, -0.2) is 18.5 Å². The first-order chi connectivity index (χ1) is 10.5. The molecule has 4 nitrogen and oxygen atoms in total. The lowest BCUT2D eigenvalue weighted by molar-refractivity contribution is 0.0528. The highest BCUT2D eigenvalue weighted by molar-refractivity contribution is 7.16. The number of carbonyl (C=O) groups excluding carboxylic acids is 2. The lowest BCUT2D eigenvalue weighted by atomic mass is 10.1. The molecule has 0 aliphatic heterocycles. The van der Waals surface area contributed by atoms with Gasteiger partial charge in [-0.25, -0.2) is 4.79 Å². The highest BCUT2D eigenvalue weighted by Gasteiger charge is 2.20. The van der Waals surface area contributed by atoms with Gasteiger partial charge in [0.25, 0.3) is 5.91 Å². The van der Waals surface area contributed by atoms with E-state index in [0.717, 1.165) is 4.88 Å². The Hall–Kier alpha value is -2.14. The van der Waals surface area contributed by atoms with Crippen molar-refractivity contribution in [2.24, 2.45) is 0 Å². The number of hydrogen-bond acceptors (Lipinski definition) is 4. The van der Waals surface area contributed by atoms with Gasteiger partial charge in [-0.05, 0) is 31.0 Å². The van der Waals surface area contributed by atoms with Crippen LogP contribution in [0, 0.1) is 0 Å². The molecule has 1 aromatic carbocycles. The van der Waals surface area contributed by atoms with E-state index in [4.69, 9.17) is 4.74 Å². The number of thiophene rings is 1. The second kappa shape index (κ2) is 7.22. The molecule has 0 aliphatic rings. The van der Waals surface area contributed by atoms with Gasteiger partial charge in [-0.15, -0.1) is 11.3 Å². The quantitative estimate of drug-likeness (QED) is 0.836. The molecule has 116 valence electrons. The molecule has 0 radical (unpaired) electrons. The van der Waals surface area contributed by atoms with Crippen LogP contribution in [0.15, 0.2) is 36.4 Å². The van der Waals surface area contributed by atoms with Crippen molar-refractivity contribution >= 4 is 28.2 Å². The Morgan fingerprint density at radius 2 is 1.91 bits per heavy atom. The van der Waals surface area contributed by atoms with Crippen molar-refractivity contribution in [2.45, 2.75) is 26.7 Å². The van der Waals surface area contributed by atoms with E-state index < -0.39 is 5.97 Å². The highest BCUT2D eigenvalue weighted by atomic mass is 32.1. The molecule has 1 heterocycles. The van der Waals surface area contributed by atoms with Crippen LogP contribution >= 0.6 is 11.3 Å². The standard InChI is InChI=1S/C17H19NO3S/c1-4-21-17(20)13-10-14(11(2)3)22-16(13)18-15(19)12-8-6-5-7-9-12/h5-11H,4H2,1-3H3,(H,18,19). The number of amides is 1. The maximum atomic E-state index is 12.3. The summed E-state index contributed by atoms with van der Waals surface area (Å²) in [5.41, 5.74) is 0.969. The van der Waals surface area contributed by atoms with E-state index in [-0.39, 0.29) is 11.8 Å². The Bertz CT molecular complexity index is 662. The number of carbonyl (C=O) groups is 2. The summed E-state index contributed by atoms with van der Waals surface area (Å²) in [5.74, 6) is -0.363. The van der Waals surface area contributed by atoms with Crippen molar-refractivity contribution in [1.29, 1.82) is 0 Å². The molecule has 5 heteroatoms. The maximum Gasteiger partial charge on any atom is 0.341 e. The van der Waals surface area contributed by atoms with Crippen LogP contribution in [0.1, 0.15) is 52.3 Å². The average Bonchev–Trinajstić information content (AvgIpc) is 2.92. The van der Waals surface area contributed by atoms with Crippen LogP contribution in [-0.2, 0) is 4.74 Å². The number of benzene rings is 1. The molecule has 1 N–H and O–H groups in total. The van der Waals surface area contributed by atoms with Gasteiger partial charge in [-0.2, -0.15) is 0 Å². The van der Waals surface area contributed by atoms with Crippen LogP contribution < -0.4 is 5.32 Å². The lowest BCUT2D eigenvalue weighted by Gasteiger charge is -2.06. The first-order valence-electron chi connectivity index (χ1n) is 7.20. The number of hydrogen-bond donors (Lipinski definition) is 1. The van der Waals surface area contributed by atoms with Crippen molar-refractivity contribution in [3.05, 3.63) is 52.4 Å². The maximum absolute atomic E-state index is 12.3. The van der Waals surface area contributed by atoms with Crippen molar-refractivity contribution in [1.82, 2.24) is 0 Å². The lowest BCUT2D eigenvalue weighted by Crippen LogP contribution is -2.14. The van der Waals surface area contributed by atoms with E-state index in [1.165, 1.54) is 11.3 Å². The van der Waals surface area contributed by atoms with Crippen LogP contribution in [0.4, 0.5) is 5.00 Å². The van der Waals surface area contributed by atoms with E-state index in [0.29, 0.717) is 22.7 Å². The number of rotatable bonds is 5. The molecule has 0 aliphatic carbocycles. The fourth-order valence-corrected chi connectivity index (χ4v) is 2.96. The third-order valence-corrected chi connectivity index (χ3v) is 4.43. The molecule has 0 spiro atoms. The predicted octanol–water partition coefficient (Wildman–Crippen LogP) is 4.30. The molecule has 0 saturated heterocycles. The summed E-state index contributed by atoms with van der Waals surface area (Å²) >= 11 is 1.41. The molecule has 2 rings (SSSR count). The van der Waals surface area contributed by atoms with Crippen molar-refractivity contribution in [3.8, 4) is 0 Å². The largest absolute Gasteiger partial charge is 0.462 e. The van der Waals surface area contributed by atoms with Gasteiger partial charge in [0, 0.05) is 10.4 Å². The monoisotopic (exact) mass is 317 g/mol. The first kappa shape index (κ1) is 16.2. The third-order valence-electron chi connectivity index (χ3n) is 3.08. The summed E-state index contributed by atoms with van der Waals surface area (Å²) in [5, 5.41) is 3.36. The van der Waals surface area contributed by atoms with Gasteiger partial charge in [0.05, 0.1) is 12.2 Å². The van der Waals surface area contributed by atoms with Crippen molar-refractivity contribution in [3.63, 3.8) is 0 Å². The molecule has 1 aromatic heterocycles. The van der Waals surface area contributed by atoms with Gasteiger partial charge >= 0.3 is 5.97 Å². The normalized spacial score (nSPS) is 10.5. The van der Waals surface area contributed by atoms with Gasteiger partial charge in [-0.1, -0.05) is 32.0 Å². The van der Waals surface area contributed by atoms with E-state index in [9.17, 15) is 9.59 Å². The van der Waals surface area contributed by atoms with Gasteiger partial charge in [0.15, 0.2) is 0 Å². The second-order valence-electron chi connectivity index (χ2n) is 5.09. The summed E-state index contributed by atoms with van der Waals surface area (Å²) in [4.78, 5) is 25.4. The Morgan fingerprint density at radius 3 is 2.50 bits per heavy atom. The molecule has 0 unspecified atom stereocenters. The minimum Gasteiger partial charge on any atom is -0.462 e. The highest BCUT2D eigenvalue weighted by Crippen LogP contribution is 2.33. The number of esters is 1. The first-order valence-corrected chi connectivity index (χ1v) is 8.01. The van der Waals surface area contributed by atoms with Crippen molar-refractivity contribution in [2.75, 3.05) is 11.9 Å². The molecular weight excluding hydrogens is 298 g/mol. The molecule has 1 amide bonds. The summed E-state index contributed by atoms with van der Waals surface area (Å²) in [6.07, 6.45) is 0. The zero-order valence-corrected chi connectivity index (χ0v) is 13.7. The van der Waals surface area contributed by atoms with Gasteiger partial charge in [-0.3, -0.25) is 4.79 Å². The zero-order chi connectivity index (χ0) is 16.1. The molecule has 0 fully saturated rings. The Morgan fingerprint density at radius 1 is 1.23 bits per heavy atom. The average molecular weight is 317 g/mol. The molecular formula is C17H19NO3S. The molecule has 0 bridgehead atoms. The Balaban J connectivity index is 2.29. The minimum atomic E-state index is -0.408. The Kier molecular flexibility index (Phi) is 5.33. The number of nitrogens with one attached hydrogen (secondary N) is 1. The fraction of sp³-hybridized carbons (Fsp3) is 0.294. The number of anilines is 1. The van der Waals surface area contributed by atoms with Crippen LogP contribution in [0.5, 0.6) is 0 Å². The van der Waals surface area contributed by atoms with E-state index in [1.807, 2.05) is 19.9 Å². The molecule has 0 atom stereocenters. The van der Waals surface area contributed by atoms with E-state index >= 15 is 0 Å². The van der Waals surface area contributed by atoms with Crippen LogP contribution in [0.25, 0.3) is 0 Å². The summed E-state index contributed by atoms with van der Waals surface area (Å²) in [6.45, 7) is 6.15. The summed E-state index contributed by atoms with van der Waals surface area (Å²) in [6, 6.07) is 10.7. The van der Waals surface area contributed by atoms with Gasteiger partial charge in [0.1, 0.15) is 5.00 Å². The summed E-state index contributed by atoms with van der Waals surface area (Å²) < 4.78 is 5.07. The van der Waals surface area contributed by atoms with E-state index in [1.54, 1.807) is 37.3 Å². The third kappa shape index (κ3) is 3.74. The van der Waals surface area contributed by atoms with Crippen LogP contribution in [0.2, 0.25) is 0 Å². The zero-order valence-electron chi connectivity index (χ0n) is 12.9. The smallest absolute Gasteiger partial charge is 0.341 e. The molecule has 2 aromatic rings. The Labute approximate surface area is 134 Å². The summed E-state index contributed by atoms with van der Waals surface area (Å²) in [7, 11) is 0. The van der Waals surface area contributed by atoms with Gasteiger partial charge in [0.2, 0.25) is 0 Å². The topological polar surface area (TPSA) is 55.4 Å². The van der Waals surface area contributed by atoms with E-state index in [2.05, 4.69) is 5.32 Å². The minimum absolute atomic E-state index is 0.233. The molecule has 0 saturated carbocycles. The second-order valence-corrected chi connectivity index (χ2v) is 6.17. The van der Waals surface area contributed by atoms with Gasteiger partial charge < -0.3 is 10.1 Å². The molecule has 22 heavy (non-hydrogen) atoms.